The maximum atomic E-state index is 12.5. The molecule has 0 aliphatic heterocycles. The summed E-state index contributed by atoms with van der Waals surface area (Å²) in [6, 6.07) is 5.39. The third-order valence-electron chi connectivity index (χ3n) is 5.08. The van der Waals surface area contributed by atoms with Crippen molar-refractivity contribution in [3.63, 3.8) is 0 Å². The van der Waals surface area contributed by atoms with Gasteiger partial charge in [0.2, 0.25) is 0 Å². The Balaban J connectivity index is 1.44. The minimum atomic E-state index is -4.25. The molecular weight excluding hydrogens is 261 g/mol. The van der Waals surface area contributed by atoms with Crippen LogP contribution < -0.4 is 0 Å². The van der Waals surface area contributed by atoms with Gasteiger partial charge in [-0.1, -0.05) is 36.4 Å². The zero-order valence-corrected chi connectivity index (χ0v) is 10.8. The van der Waals surface area contributed by atoms with Gasteiger partial charge in [-0.3, -0.25) is 0 Å². The fourth-order valence-electron chi connectivity index (χ4n) is 4.12. The normalized spacial score (nSPS) is 37.6. The molecule has 104 valence electrons. The van der Waals surface area contributed by atoms with Crippen molar-refractivity contribution in [2.24, 2.45) is 29.6 Å². The lowest BCUT2D eigenvalue weighted by Gasteiger charge is -2.06. The van der Waals surface area contributed by atoms with E-state index in [1.165, 1.54) is 6.42 Å². The van der Waals surface area contributed by atoms with Crippen molar-refractivity contribution in [1.82, 2.24) is 0 Å². The van der Waals surface area contributed by atoms with Crippen LogP contribution in [0.25, 0.3) is 6.08 Å². The Morgan fingerprint density at radius 3 is 2.10 bits per heavy atom. The van der Waals surface area contributed by atoms with Gasteiger partial charge >= 0.3 is 6.18 Å². The molecule has 4 unspecified atom stereocenters. The van der Waals surface area contributed by atoms with Crippen molar-refractivity contribution in [2.75, 3.05) is 0 Å². The van der Waals surface area contributed by atoms with E-state index in [9.17, 15) is 13.2 Å². The lowest BCUT2D eigenvalue weighted by Crippen LogP contribution is -2.03. The van der Waals surface area contributed by atoms with Crippen LogP contribution in [0.2, 0.25) is 0 Å². The predicted molar refractivity (Wildman–Crippen MR) is 71.7 cm³/mol. The Bertz CT molecular complexity index is 561. The third kappa shape index (κ3) is 1.83. The van der Waals surface area contributed by atoms with E-state index in [2.05, 4.69) is 18.2 Å². The minimum absolute atomic E-state index is 0.583. The summed E-state index contributed by atoms with van der Waals surface area (Å²) >= 11 is 0. The van der Waals surface area contributed by atoms with Crippen LogP contribution in [-0.4, -0.2) is 0 Å². The van der Waals surface area contributed by atoms with Gasteiger partial charge in [0.15, 0.2) is 0 Å². The van der Waals surface area contributed by atoms with Gasteiger partial charge < -0.3 is 0 Å². The molecule has 3 aliphatic rings. The second kappa shape index (κ2) is 4.00. The summed E-state index contributed by atoms with van der Waals surface area (Å²) in [7, 11) is 0. The lowest BCUT2D eigenvalue weighted by atomic mass is 10.0. The molecule has 20 heavy (non-hydrogen) atoms. The van der Waals surface area contributed by atoms with Crippen molar-refractivity contribution in [3.05, 3.63) is 53.6 Å². The highest BCUT2D eigenvalue weighted by molar-refractivity contribution is 5.51. The summed E-state index contributed by atoms with van der Waals surface area (Å²) in [4.78, 5) is 0. The molecule has 2 fully saturated rings. The van der Waals surface area contributed by atoms with E-state index in [0.29, 0.717) is 5.92 Å². The van der Waals surface area contributed by atoms with Crippen molar-refractivity contribution >= 4 is 6.08 Å². The second-order valence-corrected chi connectivity index (χ2v) is 6.16. The molecule has 0 saturated heterocycles. The zero-order chi connectivity index (χ0) is 13.9. The van der Waals surface area contributed by atoms with Crippen LogP contribution in [-0.2, 0) is 6.18 Å². The van der Waals surface area contributed by atoms with Crippen LogP contribution in [0.15, 0.2) is 42.5 Å². The molecule has 3 heteroatoms. The summed E-state index contributed by atoms with van der Waals surface area (Å²) in [5, 5.41) is 0. The van der Waals surface area contributed by atoms with E-state index in [-0.39, 0.29) is 0 Å². The van der Waals surface area contributed by atoms with Gasteiger partial charge in [-0.05, 0) is 53.7 Å². The Morgan fingerprint density at radius 2 is 1.55 bits per heavy atom. The number of rotatable bonds is 2. The monoisotopic (exact) mass is 276 g/mol. The molecule has 4 rings (SSSR count). The number of hydrogen-bond donors (Lipinski definition) is 0. The number of benzene rings is 1. The van der Waals surface area contributed by atoms with E-state index < -0.39 is 11.7 Å². The highest BCUT2D eigenvalue weighted by Crippen LogP contribution is 2.67. The smallest absolute Gasteiger partial charge is 0.166 e. The Hall–Kier alpha value is -1.51. The number of halogens is 3. The molecule has 0 heterocycles. The molecule has 2 bridgehead atoms. The molecule has 1 aromatic rings. The van der Waals surface area contributed by atoms with Gasteiger partial charge in [0, 0.05) is 0 Å². The summed E-state index contributed by atoms with van der Waals surface area (Å²) in [5.74, 6) is 3.75. The van der Waals surface area contributed by atoms with Crippen molar-refractivity contribution in [1.29, 1.82) is 0 Å². The summed E-state index contributed by atoms with van der Waals surface area (Å²) in [6.07, 6.45) is 5.93. The quantitative estimate of drug-likeness (QED) is 0.681. The number of alkyl halides is 3. The minimum Gasteiger partial charge on any atom is -0.166 e. The first-order valence-corrected chi connectivity index (χ1v) is 7.08. The van der Waals surface area contributed by atoms with Crippen LogP contribution in [0.3, 0.4) is 0 Å². The van der Waals surface area contributed by atoms with Gasteiger partial charge in [-0.25, -0.2) is 0 Å². The Morgan fingerprint density at radius 1 is 0.950 bits per heavy atom. The van der Waals surface area contributed by atoms with Gasteiger partial charge in [0.05, 0.1) is 5.56 Å². The first-order chi connectivity index (χ1) is 9.54. The predicted octanol–water partition coefficient (Wildman–Crippen LogP) is 4.79. The molecule has 3 aliphatic carbocycles. The highest BCUT2D eigenvalue weighted by Gasteiger charge is 2.61. The number of allylic oxidation sites excluding steroid dienone is 3. The molecule has 0 aromatic heterocycles. The SMILES string of the molecule is FC(F)(F)c1ccc(/C=C/C2C3C4C=CC(C4)C23)cc1. The van der Waals surface area contributed by atoms with E-state index in [1.807, 2.05) is 6.08 Å². The van der Waals surface area contributed by atoms with Gasteiger partial charge in [0.25, 0.3) is 0 Å². The fourth-order valence-corrected chi connectivity index (χ4v) is 4.12. The molecule has 2 saturated carbocycles. The van der Waals surface area contributed by atoms with Crippen LogP contribution in [0.5, 0.6) is 0 Å². The lowest BCUT2D eigenvalue weighted by molar-refractivity contribution is -0.137. The first-order valence-electron chi connectivity index (χ1n) is 7.08. The maximum absolute atomic E-state index is 12.5. The van der Waals surface area contributed by atoms with Crippen molar-refractivity contribution in [3.8, 4) is 0 Å². The summed E-state index contributed by atoms with van der Waals surface area (Å²) in [5.41, 5.74) is 0.267. The van der Waals surface area contributed by atoms with Gasteiger partial charge in [-0.15, -0.1) is 0 Å². The van der Waals surface area contributed by atoms with E-state index in [1.54, 1.807) is 12.1 Å². The topological polar surface area (TPSA) is 0 Å². The van der Waals surface area contributed by atoms with Crippen molar-refractivity contribution in [2.45, 2.75) is 12.6 Å². The highest BCUT2D eigenvalue weighted by atomic mass is 19.4. The van der Waals surface area contributed by atoms with E-state index >= 15 is 0 Å². The van der Waals surface area contributed by atoms with Crippen LogP contribution in [0, 0.1) is 29.6 Å². The number of fused-ring (bicyclic) bond motifs is 5. The molecule has 0 N–H and O–H groups in total. The Kier molecular flexibility index (Phi) is 2.45. The zero-order valence-electron chi connectivity index (χ0n) is 10.8. The van der Waals surface area contributed by atoms with E-state index in [0.717, 1.165) is 41.4 Å². The van der Waals surface area contributed by atoms with Crippen LogP contribution in [0.4, 0.5) is 13.2 Å². The molecule has 1 aromatic carbocycles. The van der Waals surface area contributed by atoms with Gasteiger partial charge in [0.1, 0.15) is 0 Å². The maximum Gasteiger partial charge on any atom is 0.416 e. The third-order valence-corrected chi connectivity index (χ3v) is 5.08. The summed E-state index contributed by atoms with van der Waals surface area (Å²) < 4.78 is 37.4. The van der Waals surface area contributed by atoms with E-state index in [4.69, 9.17) is 0 Å². The standard InChI is InChI=1S/C17H15F3/c18-17(19,20)13-6-1-10(2-7-13)3-8-14-15-11-4-5-12(9-11)16(14)15/h1-8,11-12,14-16H,9H2/b8-3+. The summed E-state index contributed by atoms with van der Waals surface area (Å²) in [6.45, 7) is 0. The molecule has 4 atom stereocenters. The molecule has 0 amide bonds. The first kappa shape index (κ1) is 12.2. The fraction of sp³-hybridized carbons (Fsp3) is 0.412. The molecule has 0 radical (unpaired) electrons. The van der Waals surface area contributed by atoms with Gasteiger partial charge in [-0.2, -0.15) is 13.2 Å². The van der Waals surface area contributed by atoms with Crippen molar-refractivity contribution < 1.29 is 13.2 Å². The molecule has 0 spiro atoms. The second-order valence-electron chi connectivity index (χ2n) is 6.16. The number of hydrogen-bond acceptors (Lipinski definition) is 0. The van der Waals surface area contributed by atoms with Crippen LogP contribution in [0.1, 0.15) is 17.5 Å². The average Bonchev–Trinajstić information content (AvgIpc) is 2.79. The molecular formula is C17H15F3. The Labute approximate surface area is 116 Å². The van der Waals surface area contributed by atoms with Crippen LogP contribution >= 0.6 is 0 Å². The molecule has 0 nitrogen and oxygen atoms in total. The average molecular weight is 276 g/mol. The largest absolute Gasteiger partial charge is 0.416 e.